The number of carbonyl (C=O) groups excluding carboxylic acids is 2. The molecule has 1 fully saturated rings. The Morgan fingerprint density at radius 2 is 2.15 bits per heavy atom. The van der Waals surface area contributed by atoms with Gasteiger partial charge in [0, 0.05) is 19.6 Å². The Bertz CT molecular complexity index is 488. The van der Waals surface area contributed by atoms with E-state index >= 15 is 0 Å². The van der Waals surface area contributed by atoms with Crippen LogP contribution in [0.1, 0.15) is 30.3 Å². The van der Waals surface area contributed by atoms with Gasteiger partial charge in [0.2, 0.25) is 5.91 Å². The highest BCUT2D eigenvalue weighted by molar-refractivity contribution is 5.90. The van der Waals surface area contributed by atoms with Gasteiger partial charge in [0.15, 0.2) is 11.5 Å². The third-order valence-corrected chi connectivity index (χ3v) is 3.26. The maximum Gasteiger partial charge on any atom is 0.269 e. The number of hydrogen-bond acceptors (Lipinski definition) is 5. The van der Waals surface area contributed by atoms with Gasteiger partial charge in [0.1, 0.15) is 0 Å². The van der Waals surface area contributed by atoms with E-state index in [1.807, 2.05) is 9.80 Å². The first kappa shape index (κ1) is 14.2. The quantitative estimate of drug-likeness (QED) is 0.838. The van der Waals surface area contributed by atoms with Gasteiger partial charge in [-0.05, 0) is 25.0 Å². The predicted molar refractivity (Wildman–Crippen MR) is 74.3 cm³/mol. The average Bonchev–Trinajstić information content (AvgIpc) is 2.62. The maximum atomic E-state index is 12.1. The Hall–Kier alpha value is -2.18. The van der Waals surface area contributed by atoms with Crippen LogP contribution in [0.3, 0.4) is 0 Å². The molecule has 0 saturated carbocycles. The molecule has 0 radical (unpaired) electrons. The minimum atomic E-state index is -0.606. The van der Waals surface area contributed by atoms with Crippen molar-refractivity contribution in [3.8, 4) is 0 Å². The third kappa shape index (κ3) is 3.23. The van der Waals surface area contributed by atoms with Crippen molar-refractivity contribution in [1.82, 2.24) is 15.1 Å². The lowest BCUT2D eigenvalue weighted by atomic mass is 10.3. The van der Waals surface area contributed by atoms with Crippen LogP contribution in [0.5, 0.6) is 0 Å². The molecule has 0 bridgehead atoms. The minimum absolute atomic E-state index is 0.102. The average molecular weight is 277 g/mol. The van der Waals surface area contributed by atoms with Gasteiger partial charge >= 0.3 is 0 Å². The van der Waals surface area contributed by atoms with Crippen LogP contribution in [0.15, 0.2) is 12.1 Å². The van der Waals surface area contributed by atoms with Crippen LogP contribution in [-0.4, -0.2) is 53.1 Å². The molecule has 2 amide bonds. The highest BCUT2D eigenvalue weighted by atomic mass is 16.2. The van der Waals surface area contributed by atoms with Crippen LogP contribution >= 0.6 is 0 Å². The minimum Gasteiger partial charge on any atom is -0.364 e. The first-order valence-corrected chi connectivity index (χ1v) is 6.78. The normalized spacial score (nSPS) is 16.1. The molecule has 2 N–H and O–H groups in total. The zero-order valence-corrected chi connectivity index (χ0v) is 11.6. The Kier molecular flexibility index (Phi) is 4.49. The largest absolute Gasteiger partial charge is 0.364 e. The van der Waals surface area contributed by atoms with Crippen molar-refractivity contribution in [2.24, 2.45) is 5.73 Å². The number of aromatic nitrogens is 2. The van der Waals surface area contributed by atoms with Crippen molar-refractivity contribution >= 4 is 17.6 Å². The topological polar surface area (TPSA) is 92.4 Å². The van der Waals surface area contributed by atoms with E-state index in [-0.39, 0.29) is 11.6 Å². The molecule has 2 rings (SSSR count). The summed E-state index contributed by atoms with van der Waals surface area (Å²) in [4.78, 5) is 26.8. The van der Waals surface area contributed by atoms with Crippen molar-refractivity contribution < 1.29 is 9.59 Å². The molecule has 0 spiro atoms. The number of amides is 2. The Morgan fingerprint density at radius 1 is 1.35 bits per heavy atom. The van der Waals surface area contributed by atoms with Crippen molar-refractivity contribution in [3.05, 3.63) is 17.8 Å². The van der Waals surface area contributed by atoms with Crippen molar-refractivity contribution in [2.75, 3.05) is 31.1 Å². The second kappa shape index (κ2) is 6.31. The summed E-state index contributed by atoms with van der Waals surface area (Å²) in [6.07, 6.45) is 1.85. The fourth-order valence-corrected chi connectivity index (χ4v) is 2.25. The smallest absolute Gasteiger partial charge is 0.269 e. The molecule has 108 valence electrons. The van der Waals surface area contributed by atoms with E-state index in [2.05, 4.69) is 17.1 Å². The van der Waals surface area contributed by atoms with Gasteiger partial charge in [0.05, 0.1) is 6.54 Å². The highest BCUT2D eigenvalue weighted by Crippen LogP contribution is 2.13. The molecular formula is C13H19N5O2. The molecule has 0 aliphatic carbocycles. The molecule has 0 unspecified atom stereocenters. The van der Waals surface area contributed by atoms with E-state index in [1.54, 1.807) is 6.07 Å². The molecule has 1 aromatic rings. The summed E-state index contributed by atoms with van der Waals surface area (Å²) < 4.78 is 0. The summed E-state index contributed by atoms with van der Waals surface area (Å²) in [5.41, 5.74) is 5.25. The molecular weight excluding hydrogens is 258 g/mol. The lowest BCUT2D eigenvalue weighted by Crippen LogP contribution is -2.37. The van der Waals surface area contributed by atoms with E-state index in [4.69, 9.17) is 5.73 Å². The standard InChI is InChI=1S/C13H19N5O2/c1-2-6-17-7-3-8-18(9-12(17)19)11-5-4-10(13(14)20)15-16-11/h4-5H,2-3,6-9H2,1H3,(H2,14,20). The first-order chi connectivity index (χ1) is 9.61. The zero-order chi connectivity index (χ0) is 14.5. The molecule has 1 aliphatic heterocycles. The highest BCUT2D eigenvalue weighted by Gasteiger charge is 2.22. The summed E-state index contributed by atoms with van der Waals surface area (Å²) in [6.45, 7) is 4.67. The molecule has 20 heavy (non-hydrogen) atoms. The first-order valence-electron chi connectivity index (χ1n) is 6.78. The SMILES string of the molecule is CCCN1CCCN(c2ccc(C(N)=O)nn2)CC1=O. The van der Waals surface area contributed by atoms with Crippen molar-refractivity contribution in [1.29, 1.82) is 0 Å². The summed E-state index contributed by atoms with van der Waals surface area (Å²) in [6, 6.07) is 3.21. The second-order valence-corrected chi connectivity index (χ2v) is 4.80. The summed E-state index contributed by atoms with van der Waals surface area (Å²) in [5, 5.41) is 7.75. The van der Waals surface area contributed by atoms with Gasteiger partial charge in [-0.25, -0.2) is 0 Å². The van der Waals surface area contributed by atoms with Gasteiger partial charge in [-0.1, -0.05) is 6.92 Å². The number of nitrogens with zero attached hydrogens (tertiary/aromatic N) is 4. The van der Waals surface area contributed by atoms with Gasteiger partial charge in [-0.15, -0.1) is 10.2 Å². The zero-order valence-electron chi connectivity index (χ0n) is 11.6. The van der Waals surface area contributed by atoms with E-state index in [9.17, 15) is 9.59 Å². The van der Waals surface area contributed by atoms with Gasteiger partial charge in [-0.3, -0.25) is 9.59 Å². The number of nitrogens with two attached hydrogens (primary N) is 1. The Labute approximate surface area is 117 Å². The fraction of sp³-hybridized carbons (Fsp3) is 0.538. The Balaban J connectivity index is 2.09. The number of rotatable bonds is 4. The van der Waals surface area contributed by atoms with Crippen molar-refractivity contribution in [2.45, 2.75) is 19.8 Å². The van der Waals surface area contributed by atoms with E-state index < -0.39 is 5.91 Å². The van der Waals surface area contributed by atoms with Crippen LogP contribution in [-0.2, 0) is 4.79 Å². The second-order valence-electron chi connectivity index (χ2n) is 4.80. The predicted octanol–water partition coefficient (Wildman–Crippen LogP) is 0.0242. The van der Waals surface area contributed by atoms with Gasteiger partial charge in [0.25, 0.3) is 5.91 Å². The number of primary amides is 1. The summed E-state index contributed by atoms with van der Waals surface area (Å²) >= 11 is 0. The van der Waals surface area contributed by atoms with E-state index in [0.717, 1.165) is 32.5 Å². The molecule has 2 heterocycles. The van der Waals surface area contributed by atoms with Crippen LogP contribution in [0, 0.1) is 0 Å². The number of hydrogen-bond donors (Lipinski definition) is 1. The number of carbonyl (C=O) groups is 2. The third-order valence-electron chi connectivity index (χ3n) is 3.26. The van der Waals surface area contributed by atoms with Crippen LogP contribution < -0.4 is 10.6 Å². The lowest BCUT2D eigenvalue weighted by molar-refractivity contribution is -0.129. The molecule has 0 aromatic carbocycles. The van der Waals surface area contributed by atoms with E-state index in [1.165, 1.54) is 6.07 Å². The molecule has 1 aromatic heterocycles. The molecule has 7 heteroatoms. The lowest BCUT2D eigenvalue weighted by Gasteiger charge is -2.21. The van der Waals surface area contributed by atoms with Gasteiger partial charge < -0.3 is 15.5 Å². The fourth-order valence-electron chi connectivity index (χ4n) is 2.25. The van der Waals surface area contributed by atoms with Crippen molar-refractivity contribution in [3.63, 3.8) is 0 Å². The van der Waals surface area contributed by atoms with Gasteiger partial charge in [-0.2, -0.15) is 0 Å². The van der Waals surface area contributed by atoms with E-state index in [0.29, 0.717) is 12.4 Å². The molecule has 7 nitrogen and oxygen atoms in total. The molecule has 1 aliphatic rings. The van der Waals surface area contributed by atoms with Crippen LogP contribution in [0.4, 0.5) is 5.82 Å². The molecule has 0 atom stereocenters. The summed E-state index contributed by atoms with van der Waals surface area (Å²) in [7, 11) is 0. The van der Waals surface area contributed by atoms with Crippen LogP contribution in [0.25, 0.3) is 0 Å². The number of anilines is 1. The van der Waals surface area contributed by atoms with Crippen LogP contribution in [0.2, 0.25) is 0 Å². The summed E-state index contributed by atoms with van der Waals surface area (Å²) in [5.74, 6) is 0.0944. The monoisotopic (exact) mass is 277 g/mol. The maximum absolute atomic E-state index is 12.1. The Morgan fingerprint density at radius 3 is 2.75 bits per heavy atom. The molecule has 1 saturated heterocycles.